The molecule has 1 aromatic carbocycles. The molecule has 0 spiro atoms. The number of carbonyl (C=O) groups is 1. The molecule has 0 saturated heterocycles. The van der Waals surface area contributed by atoms with Gasteiger partial charge < -0.3 is 9.47 Å². The van der Waals surface area contributed by atoms with Crippen LogP contribution < -0.4 is 4.74 Å². The van der Waals surface area contributed by atoms with Gasteiger partial charge in [0.1, 0.15) is 5.75 Å². The average molecular weight is 266 g/mol. The topological polar surface area (TPSA) is 35.5 Å². The predicted molar refractivity (Wildman–Crippen MR) is 78.3 cm³/mol. The molecule has 0 amide bonds. The second-order valence-corrected chi connectivity index (χ2v) is 4.03. The minimum atomic E-state index is -0.124. The van der Waals surface area contributed by atoms with Crippen molar-refractivity contribution in [2.75, 3.05) is 13.2 Å². The van der Waals surface area contributed by atoms with E-state index in [0.29, 0.717) is 5.75 Å². The minimum Gasteiger partial charge on any atom is -0.426 e. The molecule has 0 aliphatic heterocycles. The highest BCUT2D eigenvalue weighted by atomic mass is 16.5. The first-order chi connectivity index (χ1) is 9.19. The van der Waals surface area contributed by atoms with Crippen LogP contribution in [0.25, 0.3) is 0 Å². The van der Waals surface area contributed by atoms with Crippen LogP contribution in [0.2, 0.25) is 0 Å². The zero-order chi connectivity index (χ0) is 14.5. The van der Waals surface area contributed by atoms with Crippen molar-refractivity contribution in [2.45, 2.75) is 40.5 Å². The molecule has 0 atom stereocenters. The van der Waals surface area contributed by atoms with Gasteiger partial charge in [-0.3, -0.25) is 4.79 Å². The fourth-order valence-corrected chi connectivity index (χ4v) is 1.51. The first kappa shape index (κ1) is 17.6. The van der Waals surface area contributed by atoms with E-state index in [1.54, 1.807) is 12.1 Å². The summed E-state index contributed by atoms with van der Waals surface area (Å²) in [6.45, 7) is 9.67. The average Bonchev–Trinajstić information content (AvgIpc) is 2.43. The maximum absolute atomic E-state index is 11.6. The number of para-hydroxylation sites is 1. The molecule has 0 N–H and O–H groups in total. The molecule has 1 aromatic rings. The lowest BCUT2D eigenvalue weighted by Crippen LogP contribution is -2.19. The predicted octanol–water partition coefficient (Wildman–Crippen LogP) is 4.07. The second kappa shape index (κ2) is 11.7. The minimum absolute atomic E-state index is 0.0233. The number of hydrogen-bond acceptors (Lipinski definition) is 3. The lowest BCUT2D eigenvalue weighted by Gasteiger charge is -2.11. The van der Waals surface area contributed by atoms with Crippen molar-refractivity contribution in [3.63, 3.8) is 0 Å². The Bertz CT molecular complexity index is 316. The van der Waals surface area contributed by atoms with Gasteiger partial charge in [-0.1, -0.05) is 32.0 Å². The summed E-state index contributed by atoms with van der Waals surface area (Å²) in [5.74, 6) is 0.529. The molecule has 0 heterocycles. The SMILES string of the molecule is CCC(CC)C(=O)Oc1ccccc1.CCOCC. The Kier molecular flexibility index (Phi) is 10.9. The van der Waals surface area contributed by atoms with Gasteiger partial charge in [0.15, 0.2) is 0 Å². The maximum atomic E-state index is 11.6. The molecule has 0 radical (unpaired) electrons. The molecule has 1 rings (SSSR count). The first-order valence-electron chi connectivity index (χ1n) is 7.03. The third-order valence-electron chi connectivity index (χ3n) is 2.69. The van der Waals surface area contributed by atoms with Crippen LogP contribution in [0.15, 0.2) is 30.3 Å². The van der Waals surface area contributed by atoms with E-state index in [1.165, 1.54) is 0 Å². The van der Waals surface area contributed by atoms with Crippen molar-refractivity contribution >= 4 is 5.97 Å². The normalized spacial score (nSPS) is 9.74. The van der Waals surface area contributed by atoms with Crippen LogP contribution in [0.1, 0.15) is 40.5 Å². The van der Waals surface area contributed by atoms with Crippen LogP contribution in [-0.4, -0.2) is 19.2 Å². The van der Waals surface area contributed by atoms with Crippen molar-refractivity contribution in [1.82, 2.24) is 0 Å². The highest BCUT2D eigenvalue weighted by Gasteiger charge is 2.15. The van der Waals surface area contributed by atoms with E-state index in [1.807, 2.05) is 45.9 Å². The highest BCUT2D eigenvalue weighted by molar-refractivity contribution is 5.74. The molecular weight excluding hydrogens is 240 g/mol. The molecule has 0 aliphatic rings. The molecule has 0 fully saturated rings. The van der Waals surface area contributed by atoms with Gasteiger partial charge >= 0.3 is 5.97 Å². The molecule has 0 aromatic heterocycles. The number of carbonyl (C=O) groups excluding carboxylic acids is 1. The van der Waals surface area contributed by atoms with Crippen LogP contribution in [-0.2, 0) is 9.53 Å². The zero-order valence-corrected chi connectivity index (χ0v) is 12.5. The van der Waals surface area contributed by atoms with Gasteiger partial charge in [-0.25, -0.2) is 0 Å². The summed E-state index contributed by atoms with van der Waals surface area (Å²) in [5.41, 5.74) is 0. The van der Waals surface area contributed by atoms with Gasteiger partial charge in [0.05, 0.1) is 5.92 Å². The summed E-state index contributed by atoms with van der Waals surface area (Å²) in [7, 11) is 0. The Morgan fingerprint density at radius 3 is 1.89 bits per heavy atom. The van der Waals surface area contributed by atoms with Crippen LogP contribution in [0.5, 0.6) is 5.75 Å². The third-order valence-corrected chi connectivity index (χ3v) is 2.69. The Labute approximate surface area is 116 Å². The summed E-state index contributed by atoms with van der Waals surface area (Å²) in [6.07, 6.45) is 1.67. The largest absolute Gasteiger partial charge is 0.426 e. The smallest absolute Gasteiger partial charge is 0.314 e. The summed E-state index contributed by atoms with van der Waals surface area (Å²) in [6, 6.07) is 9.19. The van der Waals surface area contributed by atoms with Crippen molar-refractivity contribution in [2.24, 2.45) is 5.92 Å². The standard InChI is InChI=1S/C12H16O2.C4H10O/c1-3-10(4-2)12(13)14-11-8-6-5-7-9-11;1-3-5-4-2/h5-10H,3-4H2,1-2H3;3-4H2,1-2H3. The number of ether oxygens (including phenoxy) is 2. The molecule has 0 saturated carbocycles. The Hall–Kier alpha value is -1.35. The van der Waals surface area contributed by atoms with Gasteiger partial charge in [0.2, 0.25) is 0 Å². The molecule has 3 nitrogen and oxygen atoms in total. The van der Waals surface area contributed by atoms with Gasteiger partial charge in [-0.2, -0.15) is 0 Å². The van der Waals surface area contributed by atoms with Crippen molar-refractivity contribution in [3.8, 4) is 5.75 Å². The maximum Gasteiger partial charge on any atom is 0.314 e. The third kappa shape index (κ3) is 8.38. The van der Waals surface area contributed by atoms with E-state index < -0.39 is 0 Å². The fourth-order valence-electron chi connectivity index (χ4n) is 1.51. The second-order valence-electron chi connectivity index (χ2n) is 4.03. The lowest BCUT2D eigenvalue weighted by molar-refractivity contribution is -0.139. The molecule has 108 valence electrons. The van der Waals surface area contributed by atoms with Crippen molar-refractivity contribution in [3.05, 3.63) is 30.3 Å². The Morgan fingerprint density at radius 1 is 1.00 bits per heavy atom. The van der Waals surface area contributed by atoms with E-state index in [4.69, 9.17) is 9.47 Å². The summed E-state index contributed by atoms with van der Waals surface area (Å²) >= 11 is 0. The van der Waals surface area contributed by atoms with Crippen LogP contribution in [0.3, 0.4) is 0 Å². The van der Waals surface area contributed by atoms with Gasteiger partial charge in [0, 0.05) is 13.2 Å². The first-order valence-corrected chi connectivity index (χ1v) is 7.03. The number of benzene rings is 1. The number of esters is 1. The zero-order valence-electron chi connectivity index (χ0n) is 12.5. The van der Waals surface area contributed by atoms with Gasteiger partial charge in [0.25, 0.3) is 0 Å². The van der Waals surface area contributed by atoms with E-state index in [0.717, 1.165) is 26.1 Å². The highest BCUT2D eigenvalue weighted by Crippen LogP contribution is 2.14. The molecule has 0 unspecified atom stereocenters. The molecule has 0 bridgehead atoms. The molecule has 3 heteroatoms. The van der Waals surface area contributed by atoms with Gasteiger partial charge in [-0.15, -0.1) is 0 Å². The van der Waals surface area contributed by atoms with Gasteiger partial charge in [-0.05, 0) is 38.8 Å². The van der Waals surface area contributed by atoms with E-state index in [2.05, 4.69) is 0 Å². The fraction of sp³-hybridized carbons (Fsp3) is 0.562. The van der Waals surface area contributed by atoms with Crippen LogP contribution >= 0.6 is 0 Å². The quantitative estimate of drug-likeness (QED) is 0.575. The summed E-state index contributed by atoms with van der Waals surface area (Å²) in [5, 5.41) is 0. The lowest BCUT2D eigenvalue weighted by atomic mass is 10.0. The number of rotatable bonds is 6. The van der Waals surface area contributed by atoms with Crippen molar-refractivity contribution < 1.29 is 14.3 Å². The van der Waals surface area contributed by atoms with E-state index in [-0.39, 0.29) is 11.9 Å². The number of hydrogen-bond donors (Lipinski definition) is 0. The van der Waals surface area contributed by atoms with Crippen LogP contribution in [0.4, 0.5) is 0 Å². The summed E-state index contributed by atoms with van der Waals surface area (Å²) in [4.78, 5) is 11.6. The van der Waals surface area contributed by atoms with Crippen molar-refractivity contribution in [1.29, 1.82) is 0 Å². The molecular formula is C16H26O3. The van der Waals surface area contributed by atoms with E-state index >= 15 is 0 Å². The summed E-state index contributed by atoms with van der Waals surface area (Å²) < 4.78 is 10.1. The Balaban J connectivity index is 0.000000555. The Morgan fingerprint density at radius 2 is 1.53 bits per heavy atom. The molecule has 0 aliphatic carbocycles. The van der Waals surface area contributed by atoms with Crippen LogP contribution in [0, 0.1) is 5.92 Å². The molecule has 19 heavy (non-hydrogen) atoms. The monoisotopic (exact) mass is 266 g/mol. The van der Waals surface area contributed by atoms with E-state index in [9.17, 15) is 4.79 Å².